The zero-order valence-electron chi connectivity index (χ0n) is 16.3. The van der Waals surface area contributed by atoms with E-state index in [-0.39, 0.29) is 23.4 Å². The number of halogens is 1. The number of nitrogens with one attached hydrogen (secondary N) is 1. The Morgan fingerprint density at radius 2 is 1.82 bits per heavy atom. The Morgan fingerprint density at radius 1 is 1.18 bits per heavy atom. The molecule has 1 atom stereocenters. The topological polar surface area (TPSA) is 69.7 Å². The van der Waals surface area contributed by atoms with E-state index in [1.807, 2.05) is 5.38 Å². The first-order valence-corrected chi connectivity index (χ1v) is 12.2. The van der Waals surface area contributed by atoms with Gasteiger partial charge in [0.1, 0.15) is 0 Å². The summed E-state index contributed by atoms with van der Waals surface area (Å²) in [5.74, 6) is -0.324. The number of carbonyl (C=O) groups excluding carboxylic acids is 1. The second-order valence-electron chi connectivity index (χ2n) is 6.31. The van der Waals surface area contributed by atoms with Crippen LogP contribution in [0.5, 0.6) is 0 Å². The van der Waals surface area contributed by atoms with Crippen molar-refractivity contribution >= 4 is 43.2 Å². The number of carbonyl (C=O) groups is 1. The second kappa shape index (κ2) is 10.5. The number of sulfonamides is 1. The first kappa shape index (κ1) is 23.0. The summed E-state index contributed by atoms with van der Waals surface area (Å²) >= 11 is 4.91. The van der Waals surface area contributed by atoms with Gasteiger partial charge >= 0.3 is 0 Å². The summed E-state index contributed by atoms with van der Waals surface area (Å²) < 4.78 is 27.1. The van der Waals surface area contributed by atoms with Crippen LogP contribution in [0.15, 0.2) is 50.5 Å². The Bertz CT molecular complexity index is 851. The van der Waals surface area contributed by atoms with E-state index in [9.17, 15) is 13.2 Å². The molecular formula is C19H26BrN3O3S2. The van der Waals surface area contributed by atoms with Crippen molar-refractivity contribution in [3.63, 3.8) is 0 Å². The molecule has 0 spiro atoms. The first-order chi connectivity index (χ1) is 13.3. The normalized spacial score (nSPS) is 13.1. The van der Waals surface area contributed by atoms with E-state index >= 15 is 0 Å². The lowest BCUT2D eigenvalue weighted by molar-refractivity contribution is -0.121. The van der Waals surface area contributed by atoms with Crippen LogP contribution in [0, 0.1) is 0 Å². The van der Waals surface area contributed by atoms with Gasteiger partial charge in [-0.15, -0.1) is 0 Å². The number of likely N-dealkylation sites (N-methyl/N-ethyl adjacent to an activating group) is 2. The average Bonchev–Trinajstić information content (AvgIpc) is 3.19. The molecule has 1 N–H and O–H groups in total. The molecule has 1 unspecified atom stereocenters. The number of nitrogens with zero attached hydrogens (tertiary/aromatic N) is 2. The number of rotatable bonds is 10. The summed E-state index contributed by atoms with van der Waals surface area (Å²) in [6, 6.07) is 8.48. The molecule has 2 rings (SSSR count). The largest absolute Gasteiger partial charge is 0.353 e. The van der Waals surface area contributed by atoms with Crippen LogP contribution >= 0.6 is 27.3 Å². The fourth-order valence-electron chi connectivity index (χ4n) is 2.93. The second-order valence-corrected chi connectivity index (χ2v) is 10.1. The lowest BCUT2D eigenvalue weighted by Gasteiger charge is -2.29. The molecular weight excluding hydrogens is 462 g/mol. The van der Waals surface area contributed by atoms with Gasteiger partial charge < -0.3 is 5.32 Å². The molecule has 154 valence electrons. The van der Waals surface area contributed by atoms with E-state index in [0.29, 0.717) is 6.54 Å². The molecule has 0 aliphatic rings. The number of hydrogen-bond acceptors (Lipinski definition) is 5. The highest BCUT2D eigenvalue weighted by atomic mass is 79.9. The van der Waals surface area contributed by atoms with Gasteiger partial charge in [-0.2, -0.15) is 15.6 Å². The maximum Gasteiger partial charge on any atom is 0.243 e. The number of benzene rings is 1. The SMILES string of the molecule is CCN(CC)C(CNC(=O)CN(C)S(=O)(=O)c1ccc(Br)cc1)c1ccsc1. The summed E-state index contributed by atoms with van der Waals surface area (Å²) in [5.41, 5.74) is 1.16. The van der Waals surface area contributed by atoms with Gasteiger partial charge in [-0.1, -0.05) is 29.8 Å². The predicted octanol–water partition coefficient (Wildman–Crippen LogP) is 3.33. The highest BCUT2D eigenvalue weighted by molar-refractivity contribution is 9.10. The van der Waals surface area contributed by atoms with Crippen molar-refractivity contribution in [1.29, 1.82) is 0 Å². The van der Waals surface area contributed by atoms with Crippen molar-refractivity contribution in [3.8, 4) is 0 Å². The molecule has 0 radical (unpaired) electrons. The third-order valence-corrected chi connectivity index (χ3v) is 7.61. The zero-order chi connectivity index (χ0) is 20.7. The summed E-state index contributed by atoms with van der Waals surface area (Å²) in [7, 11) is -2.30. The van der Waals surface area contributed by atoms with E-state index < -0.39 is 10.0 Å². The maximum absolute atomic E-state index is 12.6. The van der Waals surface area contributed by atoms with E-state index in [1.165, 1.54) is 19.2 Å². The average molecular weight is 488 g/mol. The molecule has 0 saturated heterocycles. The van der Waals surface area contributed by atoms with Gasteiger partial charge in [0.15, 0.2) is 0 Å². The van der Waals surface area contributed by atoms with Gasteiger partial charge in [0.25, 0.3) is 0 Å². The molecule has 1 aromatic heterocycles. The first-order valence-electron chi connectivity index (χ1n) is 9.04. The van der Waals surface area contributed by atoms with Crippen molar-refractivity contribution in [1.82, 2.24) is 14.5 Å². The van der Waals surface area contributed by atoms with Crippen LogP contribution in [0.4, 0.5) is 0 Å². The Hall–Kier alpha value is -1.26. The molecule has 2 aromatic rings. The van der Waals surface area contributed by atoms with Crippen molar-refractivity contribution in [3.05, 3.63) is 51.1 Å². The van der Waals surface area contributed by atoms with Gasteiger partial charge in [-0.25, -0.2) is 8.42 Å². The minimum absolute atomic E-state index is 0.0681. The van der Waals surface area contributed by atoms with Crippen LogP contribution in [0.25, 0.3) is 0 Å². The van der Waals surface area contributed by atoms with Gasteiger partial charge in [0, 0.05) is 18.1 Å². The fourth-order valence-corrected chi connectivity index (χ4v) is 5.03. The monoisotopic (exact) mass is 487 g/mol. The van der Waals surface area contributed by atoms with Crippen LogP contribution < -0.4 is 5.32 Å². The quantitative estimate of drug-likeness (QED) is 0.557. The Morgan fingerprint density at radius 3 is 2.36 bits per heavy atom. The van der Waals surface area contributed by atoms with Gasteiger partial charge in [-0.3, -0.25) is 9.69 Å². The van der Waals surface area contributed by atoms with Crippen molar-refractivity contribution in [2.75, 3.05) is 33.2 Å². The maximum atomic E-state index is 12.6. The lowest BCUT2D eigenvalue weighted by atomic mass is 10.1. The Labute approximate surface area is 179 Å². The fraction of sp³-hybridized carbons (Fsp3) is 0.421. The van der Waals surface area contributed by atoms with Gasteiger partial charge in [-0.05, 0) is 59.7 Å². The molecule has 1 aromatic carbocycles. The minimum atomic E-state index is -3.72. The van der Waals surface area contributed by atoms with Crippen LogP contribution in [0.1, 0.15) is 25.5 Å². The van der Waals surface area contributed by atoms with Crippen LogP contribution in [0.3, 0.4) is 0 Å². The standard InChI is InChI=1S/C19H26BrN3O3S2/c1-4-23(5-2)18(15-10-11-27-14-15)12-21-19(24)13-22(3)28(25,26)17-8-6-16(20)7-9-17/h6-11,14,18H,4-5,12-13H2,1-3H3,(H,21,24). The van der Waals surface area contributed by atoms with E-state index in [4.69, 9.17) is 0 Å². The number of amides is 1. The highest BCUT2D eigenvalue weighted by Gasteiger charge is 2.24. The van der Waals surface area contributed by atoms with Crippen LogP contribution in [0.2, 0.25) is 0 Å². The third-order valence-electron chi connectivity index (χ3n) is 4.56. The lowest BCUT2D eigenvalue weighted by Crippen LogP contribution is -2.42. The molecule has 0 aliphatic carbocycles. The van der Waals surface area contributed by atoms with E-state index in [1.54, 1.807) is 23.5 Å². The van der Waals surface area contributed by atoms with E-state index in [2.05, 4.69) is 51.4 Å². The molecule has 9 heteroatoms. The third kappa shape index (κ3) is 5.87. The molecule has 0 fully saturated rings. The summed E-state index contributed by atoms with van der Waals surface area (Å²) in [6.45, 7) is 6.11. The van der Waals surface area contributed by atoms with Crippen molar-refractivity contribution in [2.24, 2.45) is 0 Å². The minimum Gasteiger partial charge on any atom is -0.353 e. The molecule has 0 saturated carbocycles. The van der Waals surface area contributed by atoms with E-state index in [0.717, 1.165) is 27.4 Å². The molecule has 0 bridgehead atoms. The predicted molar refractivity (Wildman–Crippen MR) is 117 cm³/mol. The van der Waals surface area contributed by atoms with Gasteiger partial charge in [0.2, 0.25) is 15.9 Å². The Balaban J connectivity index is 2.01. The summed E-state index contributed by atoms with van der Waals surface area (Å²) in [5, 5.41) is 7.00. The van der Waals surface area contributed by atoms with Crippen molar-refractivity contribution in [2.45, 2.75) is 24.8 Å². The van der Waals surface area contributed by atoms with Gasteiger partial charge in [0.05, 0.1) is 17.5 Å². The molecule has 1 amide bonds. The smallest absolute Gasteiger partial charge is 0.243 e. The summed E-state index contributed by atoms with van der Waals surface area (Å²) in [6.07, 6.45) is 0. The highest BCUT2D eigenvalue weighted by Crippen LogP contribution is 2.22. The van der Waals surface area contributed by atoms with Crippen LogP contribution in [-0.2, 0) is 14.8 Å². The molecule has 1 heterocycles. The number of hydrogen-bond donors (Lipinski definition) is 1. The zero-order valence-corrected chi connectivity index (χ0v) is 19.5. The molecule has 6 nitrogen and oxygen atoms in total. The van der Waals surface area contributed by atoms with Crippen molar-refractivity contribution < 1.29 is 13.2 Å². The molecule has 0 aliphatic heterocycles. The summed E-state index contributed by atoms with van der Waals surface area (Å²) in [4.78, 5) is 14.8. The number of thiophene rings is 1. The van der Waals surface area contributed by atoms with Crippen LogP contribution in [-0.4, -0.2) is 56.8 Å². The Kier molecular flexibility index (Phi) is 8.63. The molecule has 28 heavy (non-hydrogen) atoms.